The molecule has 0 radical (unpaired) electrons. The van der Waals surface area contributed by atoms with Crippen LogP contribution in [0.4, 0.5) is 5.69 Å². The van der Waals surface area contributed by atoms with Crippen molar-refractivity contribution < 1.29 is 23.8 Å². The highest BCUT2D eigenvalue weighted by Crippen LogP contribution is 2.30. The van der Waals surface area contributed by atoms with E-state index in [-0.39, 0.29) is 5.91 Å². The maximum absolute atomic E-state index is 12.4. The molecule has 1 amide bonds. The van der Waals surface area contributed by atoms with Crippen LogP contribution < -0.4 is 19.8 Å². The zero-order valence-corrected chi connectivity index (χ0v) is 13.3. The van der Waals surface area contributed by atoms with Crippen molar-refractivity contribution in [2.45, 2.75) is 23.6 Å². The predicted molar refractivity (Wildman–Crippen MR) is 78.7 cm³/mol. The van der Waals surface area contributed by atoms with Crippen molar-refractivity contribution in [2.75, 3.05) is 12.4 Å². The van der Waals surface area contributed by atoms with E-state index in [0.29, 0.717) is 22.9 Å². The van der Waals surface area contributed by atoms with E-state index in [2.05, 4.69) is 15.1 Å². The fourth-order valence-electron chi connectivity index (χ4n) is 1.85. The van der Waals surface area contributed by atoms with Gasteiger partial charge in [-0.15, -0.1) is 0 Å². The Bertz CT molecular complexity index is 640. The number of amides is 1. The van der Waals surface area contributed by atoms with Crippen LogP contribution in [-0.2, 0) is 11.8 Å². The summed E-state index contributed by atoms with van der Waals surface area (Å²) in [7, 11) is 3.13. The fraction of sp³-hybridized carbons (Fsp3) is 0.357. The first-order valence-electron chi connectivity index (χ1n) is 6.70. The fourth-order valence-corrected chi connectivity index (χ4v) is 2.77. The second-order valence-corrected chi connectivity index (χ2v) is 5.68. The van der Waals surface area contributed by atoms with Gasteiger partial charge >= 0.3 is 0 Å². The van der Waals surface area contributed by atoms with E-state index >= 15 is 0 Å². The van der Waals surface area contributed by atoms with Crippen LogP contribution in [0.3, 0.4) is 0 Å². The van der Waals surface area contributed by atoms with Gasteiger partial charge in [0.1, 0.15) is 5.75 Å². The molecule has 0 aliphatic heterocycles. The van der Waals surface area contributed by atoms with E-state index in [9.17, 15) is 9.90 Å². The molecule has 22 heavy (non-hydrogen) atoms. The molecule has 8 heteroatoms. The van der Waals surface area contributed by atoms with E-state index < -0.39 is 11.2 Å². The van der Waals surface area contributed by atoms with Gasteiger partial charge in [0.2, 0.25) is 5.91 Å². The standard InChI is InChI=1S/C14H17N3O4S/c1-4-11(22-13-14(19)21-16-17(13)2)12(18)15-9-7-5-6-8-10(9)20-3/h5-8,11H,4H2,1-3H3,(H-,15,16,18,19). The first-order valence-corrected chi connectivity index (χ1v) is 7.58. The van der Waals surface area contributed by atoms with Crippen LogP contribution in [0.5, 0.6) is 11.7 Å². The molecule has 2 aromatic rings. The van der Waals surface area contributed by atoms with Gasteiger partial charge < -0.3 is 19.7 Å². The first kappa shape index (κ1) is 16.2. The minimum Gasteiger partial charge on any atom is -0.538 e. The number of hydrogen-bond donors (Lipinski definition) is 1. The number of thioether (sulfide) groups is 1. The SMILES string of the molecule is CCC(Sc1c([O-])on[n+]1C)C(=O)Nc1ccccc1OC. The average Bonchev–Trinajstić information content (AvgIpc) is 2.84. The monoisotopic (exact) mass is 323 g/mol. The minimum atomic E-state index is -0.545. The smallest absolute Gasteiger partial charge is 0.291 e. The summed E-state index contributed by atoms with van der Waals surface area (Å²) in [5.74, 6) is -0.176. The van der Waals surface area contributed by atoms with E-state index in [1.165, 1.54) is 11.8 Å². The molecule has 0 spiro atoms. The van der Waals surface area contributed by atoms with Gasteiger partial charge in [-0.1, -0.05) is 23.7 Å². The zero-order chi connectivity index (χ0) is 16.1. The number of hydrogen-bond acceptors (Lipinski definition) is 6. The summed E-state index contributed by atoms with van der Waals surface area (Å²) in [4.78, 5) is 12.4. The third-order valence-corrected chi connectivity index (χ3v) is 4.48. The Morgan fingerprint density at radius 1 is 1.55 bits per heavy atom. The predicted octanol–water partition coefficient (Wildman–Crippen LogP) is 1.09. The van der Waals surface area contributed by atoms with Gasteiger partial charge in [-0.3, -0.25) is 4.79 Å². The Hall–Kier alpha value is -2.22. The quantitative estimate of drug-likeness (QED) is 0.632. The van der Waals surface area contributed by atoms with E-state index in [1.807, 2.05) is 19.1 Å². The Kier molecular flexibility index (Phi) is 5.26. The van der Waals surface area contributed by atoms with Gasteiger partial charge in [0.05, 0.1) is 23.3 Å². The Labute approximate surface area is 132 Å². The van der Waals surface area contributed by atoms with Gasteiger partial charge in [0.25, 0.3) is 5.03 Å². The number of rotatable bonds is 6. The van der Waals surface area contributed by atoms with Crippen LogP contribution in [0.25, 0.3) is 0 Å². The van der Waals surface area contributed by atoms with Gasteiger partial charge in [-0.05, 0) is 30.3 Å². The molecule has 7 nitrogen and oxygen atoms in total. The Balaban J connectivity index is 2.12. The van der Waals surface area contributed by atoms with E-state index in [4.69, 9.17) is 4.74 Å². The highest BCUT2D eigenvalue weighted by Gasteiger charge is 2.25. The van der Waals surface area contributed by atoms with Crippen molar-refractivity contribution >= 4 is 23.4 Å². The van der Waals surface area contributed by atoms with Crippen molar-refractivity contribution in [3.05, 3.63) is 24.3 Å². The molecule has 1 unspecified atom stereocenters. The van der Waals surface area contributed by atoms with E-state index in [0.717, 1.165) is 11.8 Å². The lowest BCUT2D eigenvalue weighted by molar-refractivity contribution is -0.772. The lowest BCUT2D eigenvalue weighted by Crippen LogP contribution is -2.34. The van der Waals surface area contributed by atoms with Crippen molar-refractivity contribution in [1.82, 2.24) is 5.27 Å². The van der Waals surface area contributed by atoms with Crippen molar-refractivity contribution in [2.24, 2.45) is 7.05 Å². The van der Waals surface area contributed by atoms with E-state index in [1.54, 1.807) is 19.2 Å². The molecule has 1 aromatic heterocycles. The average molecular weight is 323 g/mol. The van der Waals surface area contributed by atoms with Gasteiger partial charge in [0.15, 0.2) is 13.0 Å². The van der Waals surface area contributed by atoms with Crippen LogP contribution >= 0.6 is 11.8 Å². The molecule has 0 bridgehead atoms. The number of ether oxygens (including phenoxy) is 1. The molecule has 118 valence electrons. The molecule has 0 saturated carbocycles. The summed E-state index contributed by atoms with van der Waals surface area (Å²) in [5.41, 5.74) is 0.589. The van der Waals surface area contributed by atoms with Crippen LogP contribution in [0, 0.1) is 0 Å². The molecule has 1 N–H and O–H groups in total. The number of aromatic nitrogens is 2. The van der Waals surface area contributed by atoms with Gasteiger partial charge in [0, 0.05) is 0 Å². The molecule has 0 fully saturated rings. The summed E-state index contributed by atoms with van der Waals surface area (Å²) in [6.45, 7) is 1.87. The summed E-state index contributed by atoms with van der Waals surface area (Å²) in [6, 6.07) is 7.15. The maximum Gasteiger partial charge on any atom is 0.291 e. The summed E-state index contributed by atoms with van der Waals surface area (Å²) in [6.07, 6.45) is 0.552. The molecule has 1 aromatic carbocycles. The molecule has 0 saturated heterocycles. The Morgan fingerprint density at radius 2 is 2.27 bits per heavy atom. The van der Waals surface area contributed by atoms with Crippen LogP contribution in [-0.4, -0.2) is 23.5 Å². The minimum absolute atomic E-state index is 0.211. The summed E-state index contributed by atoms with van der Waals surface area (Å²) < 4.78 is 11.1. The second-order valence-electron chi connectivity index (χ2n) is 4.49. The lowest BCUT2D eigenvalue weighted by Gasteiger charge is -2.14. The first-order chi connectivity index (χ1) is 10.6. The third kappa shape index (κ3) is 3.51. The van der Waals surface area contributed by atoms with Crippen molar-refractivity contribution in [1.29, 1.82) is 0 Å². The zero-order valence-electron chi connectivity index (χ0n) is 12.5. The summed E-state index contributed by atoms with van der Waals surface area (Å²) >= 11 is 1.13. The highest BCUT2D eigenvalue weighted by atomic mass is 32.2. The Morgan fingerprint density at radius 3 is 2.86 bits per heavy atom. The number of nitrogens with zero attached hydrogens (tertiary/aromatic N) is 2. The topological polar surface area (TPSA) is 91.3 Å². The number of para-hydroxylation sites is 2. The number of nitrogens with one attached hydrogen (secondary N) is 1. The maximum atomic E-state index is 12.4. The number of benzene rings is 1. The van der Waals surface area contributed by atoms with Crippen molar-refractivity contribution in [3.63, 3.8) is 0 Å². The second kappa shape index (κ2) is 7.17. The molecular formula is C14H17N3O4S. The number of anilines is 1. The number of carbonyl (C=O) groups is 1. The van der Waals surface area contributed by atoms with Crippen LogP contribution in [0.2, 0.25) is 0 Å². The molecule has 1 heterocycles. The molecule has 1 atom stereocenters. The third-order valence-electron chi connectivity index (χ3n) is 3.00. The van der Waals surface area contributed by atoms with Crippen molar-refractivity contribution in [3.8, 4) is 11.7 Å². The van der Waals surface area contributed by atoms with Gasteiger partial charge in [-0.25, -0.2) is 0 Å². The number of aryl methyl sites for hydroxylation is 1. The molecule has 2 rings (SSSR count). The largest absolute Gasteiger partial charge is 0.538 e. The van der Waals surface area contributed by atoms with Gasteiger partial charge in [-0.2, -0.15) is 0 Å². The lowest BCUT2D eigenvalue weighted by atomic mass is 10.2. The molecule has 0 aliphatic carbocycles. The number of carbonyl (C=O) groups excluding carboxylic acids is 1. The summed E-state index contributed by atoms with van der Waals surface area (Å²) in [5, 5.41) is 17.7. The van der Waals surface area contributed by atoms with Crippen LogP contribution in [0.15, 0.2) is 33.8 Å². The highest BCUT2D eigenvalue weighted by molar-refractivity contribution is 8.00. The normalized spacial score (nSPS) is 12.0. The van der Waals surface area contributed by atoms with Crippen LogP contribution in [0.1, 0.15) is 13.3 Å². The molecular weight excluding hydrogens is 306 g/mol. The molecule has 0 aliphatic rings. The number of methoxy groups -OCH3 is 1.